The average Bonchev–Trinajstić information content (AvgIpc) is 2.79. The number of benzene rings is 1. The van der Waals surface area contributed by atoms with E-state index in [-0.39, 0.29) is 5.97 Å². The molecule has 1 heterocycles. The first kappa shape index (κ1) is 15.7. The minimum atomic E-state index is -0.434. The van der Waals surface area contributed by atoms with E-state index < -0.39 is 5.60 Å². The summed E-state index contributed by atoms with van der Waals surface area (Å²) in [4.78, 5) is 22.3. The van der Waals surface area contributed by atoms with Crippen LogP contribution in [0.15, 0.2) is 18.2 Å². The molecule has 2 bridgehead atoms. The minimum absolute atomic E-state index is 0.351. The van der Waals surface area contributed by atoms with Crippen LogP contribution in [0.25, 0.3) is 0 Å². The zero-order valence-corrected chi connectivity index (χ0v) is 13.3. The molecule has 0 amide bonds. The Kier molecular flexibility index (Phi) is 4.76. The van der Waals surface area contributed by atoms with Crippen molar-refractivity contribution >= 4 is 5.97 Å². The van der Waals surface area contributed by atoms with Crippen molar-refractivity contribution in [2.24, 2.45) is 5.92 Å². The summed E-state index contributed by atoms with van der Waals surface area (Å²) in [5, 5.41) is 0. The Balaban J connectivity index is 1.99. The van der Waals surface area contributed by atoms with Crippen LogP contribution in [0.4, 0.5) is 0 Å². The van der Waals surface area contributed by atoms with Crippen molar-refractivity contribution < 1.29 is 19.3 Å². The van der Waals surface area contributed by atoms with Gasteiger partial charge in [0.25, 0.3) is 0 Å². The summed E-state index contributed by atoms with van der Waals surface area (Å²) in [6.45, 7) is 8.45. The molecule has 21 heavy (non-hydrogen) atoms. The maximum absolute atomic E-state index is 12.4. The van der Waals surface area contributed by atoms with E-state index in [9.17, 15) is 4.79 Å². The molecule has 116 valence electrons. The number of fused-ring (bicyclic) bond motifs is 2. The van der Waals surface area contributed by atoms with E-state index in [4.69, 9.17) is 14.5 Å². The molecule has 4 nitrogen and oxygen atoms in total. The third-order valence-electron chi connectivity index (χ3n) is 3.97. The Hall–Kier alpha value is -1.71. The van der Waals surface area contributed by atoms with Crippen molar-refractivity contribution in [3.05, 3.63) is 23.8 Å². The van der Waals surface area contributed by atoms with E-state index in [1.807, 2.05) is 13.8 Å². The highest BCUT2D eigenvalue weighted by molar-refractivity contribution is 5.93. The lowest BCUT2D eigenvalue weighted by Crippen LogP contribution is -2.31. The van der Waals surface area contributed by atoms with Gasteiger partial charge in [0.1, 0.15) is 11.2 Å². The van der Waals surface area contributed by atoms with E-state index in [0.717, 1.165) is 25.7 Å². The minimum Gasteiger partial charge on any atom is -0.456 e. The summed E-state index contributed by atoms with van der Waals surface area (Å²) in [5.41, 5.74) is -0.0172. The topological polar surface area (TPSA) is 44.8 Å². The zero-order chi connectivity index (χ0) is 15.5. The SMILES string of the molecule is CCC(C)(CCCC(C)C)OC(=O)c1ccc2cc1OO2. The quantitative estimate of drug-likeness (QED) is 0.547. The molecule has 1 aromatic carbocycles. The molecular weight excluding hydrogens is 268 g/mol. The summed E-state index contributed by atoms with van der Waals surface area (Å²) in [5.74, 6) is 1.35. The van der Waals surface area contributed by atoms with E-state index >= 15 is 0 Å². The summed E-state index contributed by atoms with van der Waals surface area (Å²) < 4.78 is 5.75. The second kappa shape index (κ2) is 6.37. The Labute approximate surface area is 126 Å². The smallest absolute Gasteiger partial charge is 0.342 e. The number of rotatable bonds is 7. The molecular formula is C17H24O4. The van der Waals surface area contributed by atoms with E-state index in [2.05, 4.69) is 13.8 Å². The first-order chi connectivity index (χ1) is 9.93. The first-order valence-electron chi connectivity index (χ1n) is 7.65. The van der Waals surface area contributed by atoms with E-state index in [1.165, 1.54) is 0 Å². The lowest BCUT2D eigenvalue weighted by atomic mass is 9.93. The lowest BCUT2D eigenvalue weighted by Gasteiger charge is -2.28. The van der Waals surface area contributed by atoms with Crippen LogP contribution in [0.3, 0.4) is 0 Å². The number of hydrogen-bond acceptors (Lipinski definition) is 4. The molecule has 2 rings (SSSR count). The molecule has 0 radical (unpaired) electrons. The fraction of sp³-hybridized carbons (Fsp3) is 0.588. The van der Waals surface area contributed by atoms with Crippen molar-refractivity contribution in [1.29, 1.82) is 0 Å². The number of carbonyl (C=O) groups excluding carboxylic acids is 1. The normalized spacial score (nSPS) is 15.3. The highest BCUT2D eigenvalue weighted by atomic mass is 17.2. The maximum Gasteiger partial charge on any atom is 0.342 e. The van der Waals surface area contributed by atoms with Gasteiger partial charge in [-0.3, -0.25) is 9.78 Å². The number of esters is 1. The van der Waals surface area contributed by atoms with Gasteiger partial charge in [0.05, 0.1) is 0 Å². The fourth-order valence-corrected chi connectivity index (χ4v) is 2.35. The highest BCUT2D eigenvalue weighted by Crippen LogP contribution is 2.33. The molecule has 0 saturated heterocycles. The third-order valence-corrected chi connectivity index (χ3v) is 3.97. The Morgan fingerprint density at radius 3 is 2.76 bits per heavy atom. The zero-order valence-electron chi connectivity index (χ0n) is 13.3. The van der Waals surface area contributed by atoms with Gasteiger partial charge in [-0.25, -0.2) is 4.79 Å². The molecule has 1 aromatic rings. The Morgan fingerprint density at radius 2 is 2.10 bits per heavy atom. The molecule has 1 aliphatic heterocycles. The Bertz CT molecular complexity index is 510. The Morgan fingerprint density at radius 1 is 1.33 bits per heavy atom. The second-order valence-electron chi connectivity index (χ2n) is 6.30. The van der Waals surface area contributed by atoms with Crippen LogP contribution in [-0.4, -0.2) is 11.6 Å². The molecule has 0 N–H and O–H groups in total. The fourth-order valence-electron chi connectivity index (χ4n) is 2.35. The van der Waals surface area contributed by atoms with Gasteiger partial charge < -0.3 is 4.74 Å². The summed E-state index contributed by atoms with van der Waals surface area (Å²) in [6.07, 6.45) is 3.87. The van der Waals surface area contributed by atoms with Gasteiger partial charge in [0.15, 0.2) is 11.5 Å². The molecule has 0 aromatic heterocycles. The van der Waals surface area contributed by atoms with Crippen molar-refractivity contribution in [3.63, 3.8) is 0 Å². The predicted molar refractivity (Wildman–Crippen MR) is 80.5 cm³/mol. The van der Waals surface area contributed by atoms with Crippen molar-refractivity contribution in [1.82, 2.24) is 0 Å². The first-order valence-corrected chi connectivity index (χ1v) is 7.65. The summed E-state index contributed by atoms with van der Waals surface area (Å²) in [7, 11) is 0. The van der Waals surface area contributed by atoms with Crippen LogP contribution in [0.1, 0.15) is 63.7 Å². The second-order valence-corrected chi connectivity index (χ2v) is 6.30. The van der Waals surface area contributed by atoms with Gasteiger partial charge in [-0.1, -0.05) is 27.2 Å². The molecule has 4 heteroatoms. The average molecular weight is 292 g/mol. The number of carbonyl (C=O) groups is 1. The monoisotopic (exact) mass is 292 g/mol. The molecule has 0 saturated carbocycles. The largest absolute Gasteiger partial charge is 0.456 e. The lowest BCUT2D eigenvalue weighted by molar-refractivity contribution is -0.0858. The predicted octanol–water partition coefficient (Wildman–Crippen LogP) is 4.52. The van der Waals surface area contributed by atoms with Crippen molar-refractivity contribution in [2.75, 3.05) is 0 Å². The van der Waals surface area contributed by atoms with Gasteiger partial charge in [0, 0.05) is 6.07 Å². The van der Waals surface area contributed by atoms with Gasteiger partial charge >= 0.3 is 5.97 Å². The van der Waals surface area contributed by atoms with Gasteiger partial charge in [0.2, 0.25) is 0 Å². The molecule has 0 aliphatic carbocycles. The van der Waals surface area contributed by atoms with Crippen molar-refractivity contribution in [2.45, 2.75) is 59.0 Å². The van der Waals surface area contributed by atoms with Crippen LogP contribution >= 0.6 is 0 Å². The van der Waals surface area contributed by atoms with Crippen LogP contribution < -0.4 is 9.78 Å². The van der Waals surface area contributed by atoms with Crippen LogP contribution in [0.2, 0.25) is 0 Å². The maximum atomic E-state index is 12.4. The van der Waals surface area contributed by atoms with E-state index in [1.54, 1.807) is 18.2 Å². The molecule has 1 aliphatic rings. The van der Waals surface area contributed by atoms with Crippen molar-refractivity contribution in [3.8, 4) is 11.5 Å². The summed E-state index contributed by atoms with van der Waals surface area (Å²) in [6, 6.07) is 5.08. The molecule has 0 fully saturated rings. The molecule has 1 unspecified atom stereocenters. The van der Waals surface area contributed by atoms with Crippen LogP contribution in [0.5, 0.6) is 11.5 Å². The standard InChI is InChI=1S/C17H24O4/c1-5-17(4,10-6-7-12(2)3)19-16(18)14-9-8-13-11-15(14)21-20-13/h8-9,11-12H,5-7,10H2,1-4H3. The van der Waals surface area contributed by atoms with Gasteiger partial charge in [-0.15, -0.1) is 0 Å². The van der Waals surface area contributed by atoms with E-state index in [0.29, 0.717) is 23.0 Å². The number of ether oxygens (including phenoxy) is 1. The van der Waals surface area contributed by atoms with Crippen LogP contribution in [-0.2, 0) is 4.74 Å². The van der Waals surface area contributed by atoms with Crippen LogP contribution in [0, 0.1) is 5.92 Å². The summed E-state index contributed by atoms with van der Waals surface area (Å²) >= 11 is 0. The molecule has 1 atom stereocenters. The molecule has 0 spiro atoms. The highest BCUT2D eigenvalue weighted by Gasteiger charge is 2.30. The van der Waals surface area contributed by atoms with Gasteiger partial charge in [-0.05, 0) is 44.2 Å². The number of hydrogen-bond donors (Lipinski definition) is 0. The van der Waals surface area contributed by atoms with Gasteiger partial charge in [-0.2, -0.15) is 0 Å². The third kappa shape index (κ3) is 3.90.